The average molecular weight is 505 g/mol. The van der Waals surface area contributed by atoms with E-state index >= 15 is 0 Å². The molecule has 9 heteroatoms. The molecule has 1 aliphatic heterocycles. The number of hydrogen-bond acceptors (Lipinski definition) is 5. The summed E-state index contributed by atoms with van der Waals surface area (Å²) in [5, 5.41) is 0.295. The Morgan fingerprint density at radius 3 is 2.35 bits per heavy atom. The minimum Gasteiger partial charge on any atom is -0.446 e. The fraction of sp³-hybridized carbons (Fsp3) is 0.440. The van der Waals surface area contributed by atoms with Crippen LogP contribution in [0.5, 0.6) is 0 Å². The van der Waals surface area contributed by atoms with E-state index in [9.17, 15) is 18.0 Å². The molecule has 7 nitrogen and oxygen atoms in total. The number of fused-ring (bicyclic) bond motifs is 1. The molecular weight excluding hydrogens is 476 g/mol. The van der Waals surface area contributed by atoms with E-state index in [2.05, 4.69) is 0 Å². The Morgan fingerprint density at radius 2 is 1.71 bits per heavy atom. The van der Waals surface area contributed by atoms with Crippen LogP contribution in [-0.2, 0) is 19.4 Å². The highest BCUT2D eigenvalue weighted by Crippen LogP contribution is 2.40. The van der Waals surface area contributed by atoms with Gasteiger partial charge in [-0.05, 0) is 74.1 Å². The summed E-state index contributed by atoms with van der Waals surface area (Å²) in [7, 11) is -3.46. The number of carbonyl (C=O) groups excluding carboxylic acids is 2. The second-order valence-electron chi connectivity index (χ2n) is 9.14. The standard InChI is InChI=1S/C25H29ClN2O5S/c1-16-15-27(25(30)33-21-7-5-4-6-8-21)24-13-18(9-10-23(24)28(16)17(2)29)19-11-20(26)14-22(12-19)34(3,31)32/h9-14,16,21H,4-8,15H2,1-3H3/t16-/m0/s1. The third-order valence-electron chi connectivity index (χ3n) is 6.43. The number of sulfone groups is 1. The minimum atomic E-state index is -3.46. The van der Waals surface area contributed by atoms with Crippen LogP contribution in [0.2, 0.25) is 5.02 Å². The maximum Gasteiger partial charge on any atom is 0.414 e. The summed E-state index contributed by atoms with van der Waals surface area (Å²) in [6.07, 6.45) is 5.57. The highest BCUT2D eigenvalue weighted by atomic mass is 35.5. The van der Waals surface area contributed by atoms with Gasteiger partial charge in [0, 0.05) is 24.7 Å². The topological polar surface area (TPSA) is 84.0 Å². The number of anilines is 2. The number of hydrogen-bond donors (Lipinski definition) is 0. The van der Waals surface area contributed by atoms with E-state index < -0.39 is 15.9 Å². The number of halogens is 1. The smallest absolute Gasteiger partial charge is 0.414 e. The Bertz CT molecular complexity index is 1220. The van der Waals surface area contributed by atoms with Gasteiger partial charge in [-0.1, -0.05) is 24.1 Å². The number of ether oxygens (including phenoxy) is 1. The van der Waals surface area contributed by atoms with Crippen molar-refractivity contribution in [1.82, 2.24) is 0 Å². The van der Waals surface area contributed by atoms with Crippen LogP contribution in [0.4, 0.5) is 16.2 Å². The lowest BCUT2D eigenvalue weighted by molar-refractivity contribution is -0.117. The Morgan fingerprint density at radius 1 is 1.00 bits per heavy atom. The van der Waals surface area contributed by atoms with Gasteiger partial charge in [0.2, 0.25) is 5.91 Å². The lowest BCUT2D eigenvalue weighted by Gasteiger charge is -2.41. The number of carbonyl (C=O) groups is 2. The fourth-order valence-corrected chi connectivity index (χ4v) is 5.77. The van der Waals surface area contributed by atoms with E-state index in [0.29, 0.717) is 34.1 Å². The van der Waals surface area contributed by atoms with Crippen molar-refractivity contribution >= 4 is 44.8 Å². The first kappa shape index (κ1) is 24.5. The van der Waals surface area contributed by atoms with Crippen LogP contribution in [0, 0.1) is 0 Å². The van der Waals surface area contributed by atoms with Crippen molar-refractivity contribution < 1.29 is 22.7 Å². The predicted octanol–water partition coefficient (Wildman–Crippen LogP) is 5.44. The summed E-state index contributed by atoms with van der Waals surface area (Å²) < 4.78 is 30.1. The molecule has 34 heavy (non-hydrogen) atoms. The van der Waals surface area contributed by atoms with Crippen molar-refractivity contribution in [2.75, 3.05) is 22.6 Å². The second kappa shape index (κ2) is 9.58. The largest absolute Gasteiger partial charge is 0.446 e. The van der Waals surface area contributed by atoms with Crippen molar-refractivity contribution in [3.63, 3.8) is 0 Å². The van der Waals surface area contributed by atoms with E-state index in [0.717, 1.165) is 38.4 Å². The van der Waals surface area contributed by atoms with E-state index in [4.69, 9.17) is 16.3 Å². The van der Waals surface area contributed by atoms with Crippen molar-refractivity contribution in [2.24, 2.45) is 0 Å². The zero-order chi connectivity index (χ0) is 24.6. The number of amides is 2. The molecule has 182 valence electrons. The van der Waals surface area contributed by atoms with Gasteiger partial charge in [-0.3, -0.25) is 9.69 Å². The van der Waals surface area contributed by atoms with Crippen LogP contribution in [-0.4, -0.2) is 45.4 Å². The lowest BCUT2D eigenvalue weighted by Crippen LogP contribution is -2.52. The van der Waals surface area contributed by atoms with Gasteiger partial charge in [-0.2, -0.15) is 0 Å². The van der Waals surface area contributed by atoms with Gasteiger partial charge >= 0.3 is 6.09 Å². The highest BCUT2D eigenvalue weighted by molar-refractivity contribution is 7.90. The first-order chi connectivity index (χ1) is 16.0. The summed E-state index contributed by atoms with van der Waals surface area (Å²) in [4.78, 5) is 29.0. The number of benzene rings is 2. The van der Waals surface area contributed by atoms with Crippen LogP contribution >= 0.6 is 11.6 Å². The summed E-state index contributed by atoms with van der Waals surface area (Å²) in [6, 6.07) is 9.79. The van der Waals surface area contributed by atoms with Crippen molar-refractivity contribution in [1.29, 1.82) is 0 Å². The van der Waals surface area contributed by atoms with Gasteiger partial charge < -0.3 is 9.64 Å². The Labute approximate surface area is 205 Å². The zero-order valence-electron chi connectivity index (χ0n) is 19.6. The molecule has 1 heterocycles. The Kier molecular flexibility index (Phi) is 6.92. The molecule has 0 N–H and O–H groups in total. The van der Waals surface area contributed by atoms with Gasteiger partial charge in [0.25, 0.3) is 0 Å². The third-order valence-corrected chi connectivity index (χ3v) is 7.74. The minimum absolute atomic E-state index is 0.0979. The van der Waals surface area contributed by atoms with Crippen molar-refractivity contribution in [2.45, 2.75) is 63.0 Å². The van der Waals surface area contributed by atoms with Crippen molar-refractivity contribution in [3.8, 4) is 11.1 Å². The fourth-order valence-electron chi connectivity index (χ4n) is 4.79. The molecule has 2 aromatic carbocycles. The van der Waals surface area contributed by atoms with Crippen LogP contribution in [0.1, 0.15) is 46.0 Å². The predicted molar refractivity (Wildman–Crippen MR) is 133 cm³/mol. The molecule has 0 unspecified atom stereocenters. The Hall–Kier alpha value is -2.58. The molecule has 0 saturated heterocycles. The van der Waals surface area contributed by atoms with Gasteiger partial charge in [-0.15, -0.1) is 0 Å². The maximum atomic E-state index is 13.2. The maximum absolute atomic E-state index is 13.2. The van der Waals surface area contributed by atoms with E-state index in [1.54, 1.807) is 40.1 Å². The van der Waals surface area contributed by atoms with Crippen molar-refractivity contribution in [3.05, 3.63) is 41.4 Å². The molecule has 4 rings (SSSR count). The van der Waals surface area contributed by atoms with Gasteiger partial charge in [0.1, 0.15) is 6.10 Å². The zero-order valence-corrected chi connectivity index (χ0v) is 21.2. The molecule has 2 aromatic rings. The van der Waals surface area contributed by atoms with Gasteiger partial charge in [-0.25, -0.2) is 13.2 Å². The van der Waals surface area contributed by atoms with E-state index in [1.165, 1.54) is 13.0 Å². The number of nitrogens with zero attached hydrogens (tertiary/aromatic N) is 2. The third kappa shape index (κ3) is 5.08. The molecular formula is C25H29ClN2O5S. The molecule has 1 aliphatic carbocycles. The van der Waals surface area contributed by atoms with E-state index in [-0.39, 0.29) is 22.9 Å². The molecule has 1 saturated carbocycles. The second-order valence-corrected chi connectivity index (χ2v) is 11.6. The molecule has 2 aliphatic rings. The lowest BCUT2D eigenvalue weighted by atomic mass is 9.98. The summed E-state index contributed by atoms with van der Waals surface area (Å²) in [5.41, 5.74) is 2.44. The molecule has 1 fully saturated rings. The van der Waals surface area contributed by atoms with Gasteiger partial charge in [0.15, 0.2) is 9.84 Å². The van der Waals surface area contributed by atoms with Gasteiger partial charge in [0.05, 0.1) is 22.3 Å². The summed E-state index contributed by atoms with van der Waals surface area (Å²) in [6.45, 7) is 3.69. The van der Waals surface area contributed by atoms with Crippen LogP contribution in [0.3, 0.4) is 0 Å². The molecule has 0 radical (unpaired) electrons. The highest BCUT2D eigenvalue weighted by Gasteiger charge is 2.35. The normalized spacial score (nSPS) is 19.0. The molecule has 2 amide bonds. The first-order valence-electron chi connectivity index (χ1n) is 11.5. The summed E-state index contributed by atoms with van der Waals surface area (Å²) in [5.74, 6) is -0.121. The molecule has 0 aromatic heterocycles. The quantitative estimate of drug-likeness (QED) is 0.555. The van der Waals surface area contributed by atoms with Crippen LogP contribution in [0.15, 0.2) is 41.3 Å². The van der Waals surface area contributed by atoms with E-state index in [1.807, 2.05) is 6.92 Å². The van der Waals surface area contributed by atoms with Crippen LogP contribution < -0.4 is 9.80 Å². The monoisotopic (exact) mass is 504 g/mol. The average Bonchev–Trinajstić information content (AvgIpc) is 2.77. The summed E-state index contributed by atoms with van der Waals surface area (Å²) >= 11 is 6.22. The number of rotatable bonds is 3. The molecule has 1 atom stereocenters. The Balaban J connectivity index is 1.77. The van der Waals surface area contributed by atoms with Crippen LogP contribution in [0.25, 0.3) is 11.1 Å². The molecule has 0 bridgehead atoms. The molecule has 0 spiro atoms. The first-order valence-corrected chi connectivity index (χ1v) is 13.7. The SMILES string of the molecule is CC(=O)N1c2ccc(-c3cc(Cl)cc(S(C)(=O)=O)c3)cc2N(C(=O)OC2CCCCC2)C[C@@H]1C.